The number of para-hydroxylation sites is 1. The average molecular weight is 274 g/mol. The number of anilines is 1. The average Bonchev–Trinajstić information content (AvgIpc) is 2.42. The SMILES string of the molecule is CN(CC(=O)NC1CCCCCCC1)c1ccccc1. The smallest absolute Gasteiger partial charge is 0.239 e. The number of benzene rings is 1. The molecule has 1 aromatic carbocycles. The molecule has 0 radical (unpaired) electrons. The van der Waals surface area contributed by atoms with Gasteiger partial charge in [-0.3, -0.25) is 4.79 Å². The highest BCUT2D eigenvalue weighted by Crippen LogP contribution is 2.17. The summed E-state index contributed by atoms with van der Waals surface area (Å²) in [5, 5.41) is 3.21. The highest BCUT2D eigenvalue weighted by atomic mass is 16.2. The predicted molar refractivity (Wildman–Crippen MR) is 84.0 cm³/mol. The third-order valence-corrected chi connectivity index (χ3v) is 4.05. The third kappa shape index (κ3) is 4.87. The molecule has 1 saturated carbocycles. The van der Waals surface area contributed by atoms with Gasteiger partial charge in [-0.1, -0.05) is 50.3 Å². The molecule has 1 amide bonds. The second-order valence-corrected chi connectivity index (χ2v) is 5.80. The maximum atomic E-state index is 12.1. The summed E-state index contributed by atoms with van der Waals surface area (Å²) in [6.07, 6.45) is 8.77. The van der Waals surface area contributed by atoms with Crippen LogP contribution in [-0.2, 0) is 4.79 Å². The van der Waals surface area contributed by atoms with E-state index in [4.69, 9.17) is 0 Å². The van der Waals surface area contributed by atoms with Crippen molar-refractivity contribution >= 4 is 11.6 Å². The molecule has 0 bridgehead atoms. The lowest BCUT2D eigenvalue weighted by molar-refractivity contribution is -0.120. The molecule has 0 saturated heterocycles. The van der Waals surface area contributed by atoms with Crippen molar-refractivity contribution in [3.8, 4) is 0 Å². The van der Waals surface area contributed by atoms with Gasteiger partial charge in [-0.15, -0.1) is 0 Å². The Morgan fingerprint density at radius 3 is 2.35 bits per heavy atom. The fourth-order valence-electron chi connectivity index (χ4n) is 2.86. The highest BCUT2D eigenvalue weighted by molar-refractivity contribution is 5.81. The Hall–Kier alpha value is -1.51. The summed E-state index contributed by atoms with van der Waals surface area (Å²) in [6.45, 7) is 0.431. The summed E-state index contributed by atoms with van der Waals surface area (Å²) in [5.41, 5.74) is 1.08. The second kappa shape index (κ2) is 7.93. The molecule has 0 atom stereocenters. The first-order chi connectivity index (χ1) is 9.75. The van der Waals surface area contributed by atoms with Gasteiger partial charge in [0.2, 0.25) is 5.91 Å². The molecule has 1 N–H and O–H groups in total. The first kappa shape index (κ1) is 14.9. The zero-order valence-corrected chi connectivity index (χ0v) is 12.5. The second-order valence-electron chi connectivity index (χ2n) is 5.80. The molecule has 1 aliphatic carbocycles. The van der Waals surface area contributed by atoms with Crippen molar-refractivity contribution < 1.29 is 4.79 Å². The minimum atomic E-state index is 0.141. The van der Waals surface area contributed by atoms with Gasteiger partial charge in [-0.25, -0.2) is 0 Å². The molecular formula is C17H26N2O. The van der Waals surface area contributed by atoms with Crippen molar-refractivity contribution in [2.24, 2.45) is 0 Å². The first-order valence-electron chi connectivity index (χ1n) is 7.81. The van der Waals surface area contributed by atoms with Crippen LogP contribution in [0.4, 0.5) is 5.69 Å². The van der Waals surface area contributed by atoms with Gasteiger partial charge in [0.05, 0.1) is 6.54 Å². The van der Waals surface area contributed by atoms with Gasteiger partial charge < -0.3 is 10.2 Å². The van der Waals surface area contributed by atoms with E-state index in [1.54, 1.807) is 0 Å². The van der Waals surface area contributed by atoms with E-state index in [2.05, 4.69) is 5.32 Å². The summed E-state index contributed by atoms with van der Waals surface area (Å²) < 4.78 is 0. The Labute approximate surface area is 122 Å². The molecule has 0 heterocycles. The van der Waals surface area contributed by atoms with Crippen molar-refractivity contribution in [2.75, 3.05) is 18.5 Å². The topological polar surface area (TPSA) is 32.3 Å². The lowest BCUT2D eigenvalue weighted by Crippen LogP contribution is -2.41. The van der Waals surface area contributed by atoms with Crippen LogP contribution in [0.3, 0.4) is 0 Å². The van der Waals surface area contributed by atoms with Crippen LogP contribution in [-0.4, -0.2) is 25.5 Å². The summed E-state index contributed by atoms with van der Waals surface area (Å²) >= 11 is 0. The predicted octanol–water partition coefficient (Wildman–Crippen LogP) is 3.35. The molecule has 110 valence electrons. The molecule has 1 aliphatic rings. The van der Waals surface area contributed by atoms with E-state index in [0.717, 1.165) is 18.5 Å². The molecule has 0 unspecified atom stereocenters. The molecule has 0 aliphatic heterocycles. The van der Waals surface area contributed by atoms with Crippen molar-refractivity contribution in [3.63, 3.8) is 0 Å². The summed E-state index contributed by atoms with van der Waals surface area (Å²) in [5.74, 6) is 0.141. The van der Waals surface area contributed by atoms with Crippen LogP contribution in [0, 0.1) is 0 Å². The summed E-state index contributed by atoms with van der Waals surface area (Å²) in [4.78, 5) is 14.1. The Morgan fingerprint density at radius 2 is 1.70 bits per heavy atom. The zero-order valence-electron chi connectivity index (χ0n) is 12.5. The normalized spacial score (nSPS) is 17.1. The fourth-order valence-corrected chi connectivity index (χ4v) is 2.86. The number of hydrogen-bond donors (Lipinski definition) is 1. The van der Waals surface area contributed by atoms with Gasteiger partial charge in [0.15, 0.2) is 0 Å². The fraction of sp³-hybridized carbons (Fsp3) is 0.588. The van der Waals surface area contributed by atoms with Gasteiger partial charge in [0.1, 0.15) is 0 Å². The monoisotopic (exact) mass is 274 g/mol. The standard InChI is InChI=1S/C17H26N2O/c1-19(16-12-8-5-9-13-16)14-17(20)18-15-10-6-3-2-4-7-11-15/h5,8-9,12-13,15H,2-4,6-7,10-11,14H2,1H3,(H,18,20). The maximum absolute atomic E-state index is 12.1. The molecule has 1 fully saturated rings. The first-order valence-corrected chi connectivity index (χ1v) is 7.81. The van der Waals surface area contributed by atoms with Crippen LogP contribution in [0.1, 0.15) is 44.9 Å². The van der Waals surface area contributed by atoms with Crippen LogP contribution in [0.15, 0.2) is 30.3 Å². The number of likely N-dealkylation sites (N-methyl/N-ethyl adjacent to an activating group) is 1. The molecule has 0 spiro atoms. The Balaban J connectivity index is 1.79. The quantitative estimate of drug-likeness (QED) is 0.913. The van der Waals surface area contributed by atoms with E-state index in [-0.39, 0.29) is 5.91 Å². The number of rotatable bonds is 4. The van der Waals surface area contributed by atoms with Crippen LogP contribution in [0.25, 0.3) is 0 Å². The number of nitrogens with one attached hydrogen (secondary N) is 1. The molecule has 3 heteroatoms. The molecule has 0 aromatic heterocycles. The van der Waals surface area contributed by atoms with Crippen molar-refractivity contribution in [3.05, 3.63) is 30.3 Å². The molecule has 2 rings (SSSR count). The van der Waals surface area contributed by atoms with Crippen LogP contribution < -0.4 is 10.2 Å². The van der Waals surface area contributed by atoms with E-state index in [1.165, 1.54) is 32.1 Å². The number of carbonyl (C=O) groups is 1. The number of amides is 1. The third-order valence-electron chi connectivity index (χ3n) is 4.05. The van der Waals surface area contributed by atoms with Gasteiger partial charge in [-0.05, 0) is 25.0 Å². The van der Waals surface area contributed by atoms with Crippen molar-refractivity contribution in [1.82, 2.24) is 5.32 Å². The van der Waals surface area contributed by atoms with Gasteiger partial charge in [-0.2, -0.15) is 0 Å². The van der Waals surface area contributed by atoms with Crippen molar-refractivity contribution in [2.45, 2.75) is 51.0 Å². The Kier molecular flexibility index (Phi) is 5.90. The molecule has 20 heavy (non-hydrogen) atoms. The molecular weight excluding hydrogens is 248 g/mol. The zero-order chi connectivity index (χ0) is 14.2. The number of carbonyl (C=O) groups excluding carboxylic acids is 1. The van der Waals surface area contributed by atoms with E-state index < -0.39 is 0 Å². The van der Waals surface area contributed by atoms with Crippen molar-refractivity contribution in [1.29, 1.82) is 0 Å². The summed E-state index contributed by atoms with van der Waals surface area (Å²) in [6, 6.07) is 10.4. The molecule has 1 aromatic rings. The summed E-state index contributed by atoms with van der Waals surface area (Å²) in [7, 11) is 1.97. The number of nitrogens with zero attached hydrogens (tertiary/aromatic N) is 1. The minimum Gasteiger partial charge on any atom is -0.365 e. The lowest BCUT2D eigenvalue weighted by atomic mass is 9.97. The Morgan fingerprint density at radius 1 is 1.10 bits per heavy atom. The van der Waals surface area contributed by atoms with Crippen LogP contribution in [0.2, 0.25) is 0 Å². The van der Waals surface area contributed by atoms with E-state index in [9.17, 15) is 4.79 Å². The number of hydrogen-bond acceptors (Lipinski definition) is 2. The maximum Gasteiger partial charge on any atom is 0.239 e. The van der Waals surface area contributed by atoms with E-state index in [1.807, 2.05) is 42.3 Å². The highest BCUT2D eigenvalue weighted by Gasteiger charge is 2.15. The lowest BCUT2D eigenvalue weighted by Gasteiger charge is -2.24. The van der Waals surface area contributed by atoms with E-state index >= 15 is 0 Å². The van der Waals surface area contributed by atoms with Crippen LogP contribution in [0.5, 0.6) is 0 Å². The Bertz CT molecular complexity index is 397. The van der Waals surface area contributed by atoms with E-state index in [0.29, 0.717) is 12.6 Å². The minimum absolute atomic E-state index is 0.141. The molecule has 3 nitrogen and oxygen atoms in total. The van der Waals surface area contributed by atoms with Gasteiger partial charge >= 0.3 is 0 Å². The van der Waals surface area contributed by atoms with Gasteiger partial charge in [0, 0.05) is 18.8 Å². The largest absolute Gasteiger partial charge is 0.365 e. The van der Waals surface area contributed by atoms with Crippen LogP contribution >= 0.6 is 0 Å². The van der Waals surface area contributed by atoms with Gasteiger partial charge in [0.25, 0.3) is 0 Å².